The number of hydrogen-bond donors (Lipinski definition) is 2. The van der Waals surface area contributed by atoms with E-state index in [1.54, 1.807) is 30.1 Å². The lowest BCUT2D eigenvalue weighted by Gasteiger charge is -2.15. The Hall–Kier alpha value is -3.40. The van der Waals surface area contributed by atoms with Gasteiger partial charge in [-0.25, -0.2) is 19.9 Å². The van der Waals surface area contributed by atoms with Gasteiger partial charge in [0.05, 0.1) is 16.0 Å². The van der Waals surface area contributed by atoms with E-state index in [0.29, 0.717) is 34.2 Å². The zero-order valence-corrected chi connectivity index (χ0v) is 21.9. The molecule has 0 aliphatic carbocycles. The minimum absolute atomic E-state index is 0.227. The number of aromatic hydroxyl groups is 1. The summed E-state index contributed by atoms with van der Waals surface area (Å²) in [6.07, 6.45) is 3.23. The minimum atomic E-state index is 0.227. The van der Waals surface area contributed by atoms with Crippen molar-refractivity contribution in [3.8, 4) is 11.5 Å². The molecule has 10 heteroatoms. The summed E-state index contributed by atoms with van der Waals surface area (Å²) in [6.45, 7) is 4.58. The van der Waals surface area contributed by atoms with Crippen LogP contribution >= 0.6 is 34.7 Å². The summed E-state index contributed by atoms with van der Waals surface area (Å²) in [5, 5.41) is 13.9. The van der Waals surface area contributed by atoms with Crippen LogP contribution in [0.5, 0.6) is 11.5 Å². The summed E-state index contributed by atoms with van der Waals surface area (Å²) < 4.78 is 6.51. The molecule has 5 aromatic rings. The molecule has 3 heterocycles. The van der Waals surface area contributed by atoms with E-state index < -0.39 is 0 Å². The first-order valence-electron chi connectivity index (χ1n) is 11.2. The Morgan fingerprint density at radius 1 is 1.06 bits per heavy atom. The third-order valence-electron chi connectivity index (χ3n) is 5.29. The molecule has 3 aromatic heterocycles. The van der Waals surface area contributed by atoms with Gasteiger partial charge < -0.3 is 15.2 Å². The van der Waals surface area contributed by atoms with Gasteiger partial charge in [0.1, 0.15) is 30.3 Å². The summed E-state index contributed by atoms with van der Waals surface area (Å²) in [4.78, 5) is 20.5. The summed E-state index contributed by atoms with van der Waals surface area (Å²) in [6, 6.07) is 17.0. The highest BCUT2D eigenvalue weighted by molar-refractivity contribution is 7.99. The van der Waals surface area contributed by atoms with Gasteiger partial charge in [-0.1, -0.05) is 37.2 Å². The van der Waals surface area contributed by atoms with Crippen LogP contribution in [0.2, 0.25) is 4.47 Å². The number of benzene rings is 2. The molecule has 2 N–H and O–H groups in total. The van der Waals surface area contributed by atoms with Crippen molar-refractivity contribution in [3.05, 3.63) is 82.2 Å². The highest BCUT2D eigenvalue weighted by atomic mass is 35.5. The van der Waals surface area contributed by atoms with Crippen molar-refractivity contribution < 1.29 is 9.84 Å². The molecule has 0 saturated heterocycles. The van der Waals surface area contributed by atoms with Crippen LogP contribution < -0.4 is 10.1 Å². The topological polar surface area (TPSA) is 93.0 Å². The number of rotatable bonds is 8. The van der Waals surface area contributed by atoms with Crippen LogP contribution in [-0.4, -0.2) is 25.0 Å². The molecule has 5 rings (SSSR count). The van der Waals surface area contributed by atoms with Gasteiger partial charge in [-0.2, -0.15) is 0 Å². The minimum Gasteiger partial charge on any atom is -0.508 e. The number of anilines is 2. The second kappa shape index (κ2) is 10.7. The number of ether oxygens (including phenoxy) is 1. The highest BCUT2D eigenvalue weighted by Gasteiger charge is 2.13. The van der Waals surface area contributed by atoms with Crippen LogP contribution in [0.1, 0.15) is 30.3 Å². The first-order chi connectivity index (χ1) is 17.4. The van der Waals surface area contributed by atoms with Gasteiger partial charge in [-0.05, 0) is 54.4 Å². The number of nitrogens with one attached hydrogen (secondary N) is 1. The normalized spacial score (nSPS) is 11.2. The Morgan fingerprint density at radius 3 is 2.64 bits per heavy atom. The van der Waals surface area contributed by atoms with Gasteiger partial charge in [-0.15, -0.1) is 11.3 Å². The summed E-state index contributed by atoms with van der Waals surface area (Å²) in [5.41, 5.74) is 2.44. The van der Waals surface area contributed by atoms with E-state index in [0.717, 1.165) is 31.4 Å². The molecule has 0 fully saturated rings. The van der Waals surface area contributed by atoms with Crippen molar-refractivity contribution in [1.29, 1.82) is 0 Å². The fourth-order valence-corrected chi connectivity index (χ4v) is 5.21. The zero-order chi connectivity index (χ0) is 25.1. The Labute approximate surface area is 221 Å². The lowest BCUT2D eigenvalue weighted by Crippen LogP contribution is -2.01. The molecule has 0 saturated carbocycles. The van der Waals surface area contributed by atoms with Crippen molar-refractivity contribution in [2.75, 3.05) is 5.32 Å². The van der Waals surface area contributed by atoms with Gasteiger partial charge in [0.15, 0.2) is 10.1 Å². The van der Waals surface area contributed by atoms with Crippen molar-refractivity contribution >= 4 is 57.2 Å². The lowest BCUT2D eigenvalue weighted by atomic mass is 10.1. The van der Waals surface area contributed by atoms with Gasteiger partial charge in [-0.3, -0.25) is 0 Å². The zero-order valence-electron chi connectivity index (χ0n) is 19.5. The second-order valence-corrected chi connectivity index (χ2v) is 11.0. The number of thiazole rings is 1. The standard InChI is InChI=1S/C26H22ClN5O2S2/c1-15(2)21-9-8-20-24(31-21)29-14-30-25(20)32-22-11-17(34-13-19-12-28-26(27)36-19)5-10-23(22)35-18-6-3-16(33)4-7-18/h3-12,14-15,33H,13H2,1-2H3,(H,29,30,31,32). The monoisotopic (exact) mass is 535 g/mol. The van der Waals surface area contributed by atoms with E-state index in [2.05, 4.69) is 34.1 Å². The molecule has 0 unspecified atom stereocenters. The summed E-state index contributed by atoms with van der Waals surface area (Å²) in [5.74, 6) is 1.87. The lowest BCUT2D eigenvalue weighted by molar-refractivity contribution is 0.309. The van der Waals surface area contributed by atoms with Gasteiger partial charge in [0.2, 0.25) is 0 Å². The van der Waals surface area contributed by atoms with Crippen LogP contribution in [0.4, 0.5) is 11.5 Å². The average molecular weight is 536 g/mol. The predicted octanol–water partition coefficient (Wildman–Crippen LogP) is 7.44. The molecule has 36 heavy (non-hydrogen) atoms. The summed E-state index contributed by atoms with van der Waals surface area (Å²) in [7, 11) is 0. The molecule has 0 spiro atoms. The highest BCUT2D eigenvalue weighted by Crippen LogP contribution is 2.38. The Balaban J connectivity index is 1.48. The molecular formula is C26H22ClN5O2S2. The molecule has 0 aliphatic rings. The number of phenols is 1. The molecule has 0 amide bonds. The maximum Gasteiger partial charge on any atom is 0.183 e. The molecule has 0 radical (unpaired) electrons. The molecule has 0 atom stereocenters. The number of halogens is 1. The fourth-order valence-electron chi connectivity index (χ4n) is 3.44. The van der Waals surface area contributed by atoms with Gasteiger partial charge in [0, 0.05) is 27.7 Å². The number of nitrogens with zero attached hydrogens (tertiary/aromatic N) is 4. The van der Waals surface area contributed by atoms with Crippen LogP contribution in [0.15, 0.2) is 76.9 Å². The molecule has 0 bridgehead atoms. The van der Waals surface area contributed by atoms with E-state index in [1.807, 2.05) is 42.5 Å². The van der Waals surface area contributed by atoms with E-state index in [9.17, 15) is 5.11 Å². The average Bonchev–Trinajstić information content (AvgIpc) is 3.30. The number of phenolic OH excluding ortho intramolecular Hbond substituents is 1. The Bertz CT molecular complexity index is 1510. The Kier molecular flexibility index (Phi) is 7.22. The molecule has 2 aromatic carbocycles. The van der Waals surface area contributed by atoms with Crippen LogP contribution in [-0.2, 0) is 6.61 Å². The van der Waals surface area contributed by atoms with Gasteiger partial charge >= 0.3 is 0 Å². The maximum absolute atomic E-state index is 9.65. The van der Waals surface area contributed by atoms with Crippen molar-refractivity contribution in [2.45, 2.75) is 36.2 Å². The summed E-state index contributed by atoms with van der Waals surface area (Å²) >= 11 is 8.90. The van der Waals surface area contributed by atoms with Gasteiger partial charge in [0.25, 0.3) is 0 Å². The third kappa shape index (κ3) is 5.70. The number of aromatic nitrogens is 4. The van der Waals surface area contributed by atoms with Crippen LogP contribution in [0.25, 0.3) is 11.0 Å². The smallest absolute Gasteiger partial charge is 0.183 e. The Morgan fingerprint density at radius 2 is 1.89 bits per heavy atom. The fraction of sp³-hybridized carbons (Fsp3) is 0.154. The largest absolute Gasteiger partial charge is 0.508 e. The van der Waals surface area contributed by atoms with Crippen LogP contribution in [0.3, 0.4) is 0 Å². The molecule has 0 aliphatic heterocycles. The molecule has 182 valence electrons. The molecular weight excluding hydrogens is 514 g/mol. The molecule has 7 nitrogen and oxygen atoms in total. The SMILES string of the molecule is CC(C)c1ccc2c(Nc3cc(OCc4cnc(Cl)s4)ccc3Sc3ccc(O)cc3)ncnc2n1. The third-order valence-corrected chi connectivity index (χ3v) is 7.46. The van der Waals surface area contributed by atoms with Crippen molar-refractivity contribution in [2.24, 2.45) is 0 Å². The van der Waals surface area contributed by atoms with E-state index in [4.69, 9.17) is 21.3 Å². The predicted molar refractivity (Wildman–Crippen MR) is 145 cm³/mol. The second-order valence-electron chi connectivity index (χ2n) is 8.23. The first-order valence-corrected chi connectivity index (χ1v) is 13.2. The number of pyridine rings is 1. The van der Waals surface area contributed by atoms with Crippen molar-refractivity contribution in [1.82, 2.24) is 19.9 Å². The van der Waals surface area contributed by atoms with E-state index in [1.165, 1.54) is 17.7 Å². The quantitative estimate of drug-likeness (QED) is 0.212. The van der Waals surface area contributed by atoms with E-state index in [-0.39, 0.29) is 5.75 Å². The first kappa shape index (κ1) is 24.3. The van der Waals surface area contributed by atoms with Crippen molar-refractivity contribution in [3.63, 3.8) is 0 Å². The maximum atomic E-state index is 9.65. The number of fused-ring (bicyclic) bond motifs is 1. The van der Waals surface area contributed by atoms with E-state index >= 15 is 0 Å². The van der Waals surface area contributed by atoms with Crippen LogP contribution in [0, 0.1) is 0 Å². The number of hydrogen-bond acceptors (Lipinski definition) is 9.